The number of aliphatic hydroxyl groups excluding tert-OH is 1. The van der Waals surface area contributed by atoms with E-state index in [4.69, 9.17) is 9.84 Å². The lowest BCUT2D eigenvalue weighted by molar-refractivity contribution is 0.121. The normalized spacial score (nSPS) is 12.5. The second kappa shape index (κ2) is 4.48. The lowest BCUT2D eigenvalue weighted by Gasteiger charge is -2.09. The summed E-state index contributed by atoms with van der Waals surface area (Å²) in [6, 6.07) is 5.11. The Bertz CT molecular complexity index is 286. The molecule has 0 heterocycles. The smallest absolute Gasteiger partial charge is 0.172 e. The van der Waals surface area contributed by atoms with Gasteiger partial charge in [-0.2, -0.15) is 0 Å². The third-order valence-electron chi connectivity index (χ3n) is 1.43. The summed E-state index contributed by atoms with van der Waals surface area (Å²) in [7, 11) is 0. The van der Waals surface area contributed by atoms with E-state index in [0.29, 0.717) is 10.2 Å². The highest BCUT2D eigenvalue weighted by molar-refractivity contribution is 9.10. The predicted molar refractivity (Wildman–Crippen MR) is 53.0 cm³/mol. The zero-order chi connectivity index (χ0) is 9.84. The standard InChI is InChI=1S/C9H11BrO3/c1-6(11)5-13-8-4-2-3-7(10)9(8)12/h2-4,6,11-12H,5H2,1H3/t6-/m1/s1. The summed E-state index contributed by atoms with van der Waals surface area (Å²) < 4.78 is 5.73. The van der Waals surface area contributed by atoms with E-state index in [0.717, 1.165) is 0 Å². The van der Waals surface area contributed by atoms with E-state index in [-0.39, 0.29) is 12.4 Å². The first-order chi connectivity index (χ1) is 6.11. The number of para-hydroxylation sites is 1. The van der Waals surface area contributed by atoms with Crippen molar-refractivity contribution in [3.05, 3.63) is 22.7 Å². The Balaban J connectivity index is 2.71. The van der Waals surface area contributed by atoms with Crippen LogP contribution in [-0.2, 0) is 0 Å². The van der Waals surface area contributed by atoms with Gasteiger partial charge >= 0.3 is 0 Å². The highest BCUT2D eigenvalue weighted by Crippen LogP contribution is 2.33. The Kier molecular flexibility index (Phi) is 3.57. The van der Waals surface area contributed by atoms with Gasteiger partial charge in [-0.15, -0.1) is 0 Å². The number of benzene rings is 1. The number of hydrogen-bond donors (Lipinski definition) is 2. The Morgan fingerprint density at radius 3 is 2.85 bits per heavy atom. The molecule has 3 nitrogen and oxygen atoms in total. The van der Waals surface area contributed by atoms with Crippen molar-refractivity contribution in [1.82, 2.24) is 0 Å². The topological polar surface area (TPSA) is 49.7 Å². The second-order valence-corrected chi connectivity index (χ2v) is 3.60. The van der Waals surface area contributed by atoms with Gasteiger partial charge in [-0.1, -0.05) is 6.07 Å². The van der Waals surface area contributed by atoms with E-state index >= 15 is 0 Å². The summed E-state index contributed by atoms with van der Waals surface area (Å²) in [5, 5.41) is 18.4. The van der Waals surface area contributed by atoms with Gasteiger partial charge < -0.3 is 14.9 Å². The first-order valence-electron chi connectivity index (χ1n) is 3.89. The van der Waals surface area contributed by atoms with Crippen LogP contribution in [-0.4, -0.2) is 22.9 Å². The largest absolute Gasteiger partial charge is 0.503 e. The van der Waals surface area contributed by atoms with Crippen molar-refractivity contribution in [2.75, 3.05) is 6.61 Å². The first kappa shape index (κ1) is 10.3. The van der Waals surface area contributed by atoms with Crippen LogP contribution in [0.3, 0.4) is 0 Å². The number of ether oxygens (including phenoxy) is 1. The molecule has 0 amide bonds. The summed E-state index contributed by atoms with van der Waals surface area (Å²) in [4.78, 5) is 0. The molecule has 0 saturated heterocycles. The molecule has 1 rings (SSSR count). The van der Waals surface area contributed by atoms with Crippen LogP contribution in [0.15, 0.2) is 22.7 Å². The molecule has 0 aliphatic heterocycles. The van der Waals surface area contributed by atoms with Crippen LogP contribution in [0.5, 0.6) is 11.5 Å². The fourth-order valence-corrected chi connectivity index (χ4v) is 1.17. The van der Waals surface area contributed by atoms with Crippen molar-refractivity contribution in [2.24, 2.45) is 0 Å². The fraction of sp³-hybridized carbons (Fsp3) is 0.333. The van der Waals surface area contributed by atoms with E-state index < -0.39 is 6.10 Å². The lowest BCUT2D eigenvalue weighted by atomic mass is 10.3. The molecule has 0 saturated carbocycles. The SMILES string of the molecule is C[C@@H](O)COc1cccc(Br)c1O. The molecule has 0 unspecified atom stereocenters. The Hall–Kier alpha value is -0.740. The Morgan fingerprint density at radius 2 is 2.23 bits per heavy atom. The van der Waals surface area contributed by atoms with Crippen LogP contribution in [0, 0.1) is 0 Å². The van der Waals surface area contributed by atoms with Crippen molar-refractivity contribution < 1.29 is 14.9 Å². The molecule has 0 aliphatic rings. The zero-order valence-electron chi connectivity index (χ0n) is 7.20. The van der Waals surface area contributed by atoms with E-state index in [1.54, 1.807) is 25.1 Å². The van der Waals surface area contributed by atoms with Crippen molar-refractivity contribution in [3.8, 4) is 11.5 Å². The van der Waals surface area contributed by atoms with Crippen molar-refractivity contribution in [1.29, 1.82) is 0 Å². The number of rotatable bonds is 3. The molecule has 0 fully saturated rings. The number of phenolic OH excluding ortho intramolecular Hbond substituents is 1. The molecular formula is C9H11BrO3. The monoisotopic (exact) mass is 246 g/mol. The lowest BCUT2D eigenvalue weighted by Crippen LogP contribution is -2.12. The van der Waals surface area contributed by atoms with Gasteiger partial charge in [-0.05, 0) is 35.0 Å². The van der Waals surface area contributed by atoms with Gasteiger partial charge in [0.15, 0.2) is 11.5 Å². The summed E-state index contributed by atoms with van der Waals surface area (Å²) in [6.07, 6.45) is -0.543. The average Bonchev–Trinajstić information content (AvgIpc) is 2.07. The molecule has 0 radical (unpaired) electrons. The quantitative estimate of drug-likeness (QED) is 0.857. The van der Waals surface area contributed by atoms with Crippen LogP contribution < -0.4 is 4.74 Å². The molecule has 13 heavy (non-hydrogen) atoms. The van der Waals surface area contributed by atoms with Crippen LogP contribution in [0.25, 0.3) is 0 Å². The molecular weight excluding hydrogens is 236 g/mol. The maximum absolute atomic E-state index is 9.46. The summed E-state index contributed by atoms with van der Waals surface area (Å²) in [5.41, 5.74) is 0. The van der Waals surface area contributed by atoms with Gasteiger partial charge in [0.1, 0.15) is 6.61 Å². The third-order valence-corrected chi connectivity index (χ3v) is 2.07. The van der Waals surface area contributed by atoms with Crippen LogP contribution in [0.1, 0.15) is 6.92 Å². The average molecular weight is 247 g/mol. The number of aliphatic hydroxyl groups is 1. The fourth-order valence-electron chi connectivity index (χ4n) is 0.822. The van der Waals surface area contributed by atoms with E-state index in [1.807, 2.05) is 0 Å². The minimum atomic E-state index is -0.543. The minimum absolute atomic E-state index is 0.0585. The van der Waals surface area contributed by atoms with Crippen molar-refractivity contribution >= 4 is 15.9 Å². The number of hydrogen-bond acceptors (Lipinski definition) is 3. The predicted octanol–water partition coefficient (Wildman–Crippen LogP) is 1.91. The van der Waals surface area contributed by atoms with Gasteiger partial charge in [0.2, 0.25) is 0 Å². The van der Waals surface area contributed by atoms with E-state index in [1.165, 1.54) is 0 Å². The molecule has 72 valence electrons. The Morgan fingerprint density at radius 1 is 1.54 bits per heavy atom. The molecule has 1 atom stereocenters. The molecule has 2 N–H and O–H groups in total. The van der Waals surface area contributed by atoms with Gasteiger partial charge in [-0.25, -0.2) is 0 Å². The first-order valence-corrected chi connectivity index (χ1v) is 4.69. The van der Waals surface area contributed by atoms with E-state index in [9.17, 15) is 5.11 Å². The molecule has 0 spiro atoms. The van der Waals surface area contributed by atoms with Crippen molar-refractivity contribution in [3.63, 3.8) is 0 Å². The van der Waals surface area contributed by atoms with Crippen LogP contribution in [0.4, 0.5) is 0 Å². The minimum Gasteiger partial charge on any atom is -0.503 e. The molecule has 0 bridgehead atoms. The molecule has 4 heteroatoms. The number of aromatic hydroxyl groups is 1. The number of phenols is 1. The Labute approximate surface area is 85.1 Å². The molecule has 0 aliphatic carbocycles. The highest BCUT2D eigenvalue weighted by atomic mass is 79.9. The summed E-state index contributed by atoms with van der Waals surface area (Å²) in [5.74, 6) is 0.429. The maximum atomic E-state index is 9.46. The summed E-state index contributed by atoms with van der Waals surface area (Å²) >= 11 is 3.16. The van der Waals surface area contributed by atoms with E-state index in [2.05, 4.69) is 15.9 Å². The van der Waals surface area contributed by atoms with Gasteiger partial charge in [0, 0.05) is 0 Å². The van der Waals surface area contributed by atoms with Crippen LogP contribution in [0.2, 0.25) is 0 Å². The molecule has 1 aromatic rings. The number of halogens is 1. The second-order valence-electron chi connectivity index (χ2n) is 2.75. The molecule has 0 aromatic heterocycles. The molecule has 1 aromatic carbocycles. The highest BCUT2D eigenvalue weighted by Gasteiger charge is 2.06. The zero-order valence-corrected chi connectivity index (χ0v) is 8.78. The van der Waals surface area contributed by atoms with Gasteiger partial charge in [0.05, 0.1) is 10.6 Å². The van der Waals surface area contributed by atoms with Crippen molar-refractivity contribution in [2.45, 2.75) is 13.0 Å². The summed E-state index contributed by atoms with van der Waals surface area (Å²) in [6.45, 7) is 1.79. The maximum Gasteiger partial charge on any atom is 0.172 e. The van der Waals surface area contributed by atoms with Gasteiger partial charge in [-0.3, -0.25) is 0 Å². The third kappa shape index (κ3) is 2.90. The van der Waals surface area contributed by atoms with Crippen LogP contribution >= 0.6 is 15.9 Å². The van der Waals surface area contributed by atoms with Gasteiger partial charge in [0.25, 0.3) is 0 Å².